The fourth-order valence-electron chi connectivity index (χ4n) is 2.83. The van der Waals surface area contributed by atoms with Crippen molar-refractivity contribution in [1.29, 1.82) is 0 Å². The minimum atomic E-state index is -0.509. The molecule has 0 spiro atoms. The third-order valence-electron chi connectivity index (χ3n) is 4.29. The first kappa shape index (κ1) is 18.5. The van der Waals surface area contributed by atoms with Crippen LogP contribution < -0.4 is 5.32 Å². The number of carbonyl (C=O) groups is 2. The number of hydrogen-bond donors (Lipinski definition) is 1. The quantitative estimate of drug-likeness (QED) is 0.657. The van der Waals surface area contributed by atoms with Gasteiger partial charge in [0.05, 0.1) is 13.5 Å². The van der Waals surface area contributed by atoms with Crippen molar-refractivity contribution in [3.05, 3.63) is 58.7 Å². The Hall–Kier alpha value is -3.29. The molecule has 0 bridgehead atoms. The number of aromatic nitrogens is 4. The molecule has 3 rings (SSSR count). The van der Waals surface area contributed by atoms with E-state index in [4.69, 9.17) is 0 Å². The van der Waals surface area contributed by atoms with Crippen molar-refractivity contribution in [1.82, 2.24) is 24.9 Å². The average molecular weight is 367 g/mol. The van der Waals surface area contributed by atoms with E-state index in [9.17, 15) is 9.59 Å². The lowest BCUT2D eigenvalue weighted by atomic mass is 10.0. The summed E-state index contributed by atoms with van der Waals surface area (Å²) in [5, 5.41) is 6.88. The number of nitrogens with one attached hydrogen (secondary N) is 1. The van der Waals surface area contributed by atoms with Crippen LogP contribution in [0.4, 0.5) is 0 Å². The number of benzene rings is 1. The van der Waals surface area contributed by atoms with Gasteiger partial charge in [0.1, 0.15) is 6.54 Å². The molecule has 1 amide bonds. The fourth-order valence-corrected chi connectivity index (χ4v) is 2.83. The molecular formula is C19H21N5O3. The molecule has 8 heteroatoms. The molecule has 27 heavy (non-hydrogen) atoms. The van der Waals surface area contributed by atoms with Crippen molar-refractivity contribution >= 4 is 17.7 Å². The summed E-state index contributed by atoms with van der Waals surface area (Å²) in [5.41, 5.74) is 4.10. The molecule has 0 aliphatic carbocycles. The minimum Gasteiger partial charge on any atom is -0.468 e. The Balaban J connectivity index is 1.82. The SMILES string of the molecule is COC(=O)CNC(=O)Cc1nc2nc(C)c(Cc3ccccc3)c(C)n2n1. The highest BCUT2D eigenvalue weighted by molar-refractivity contribution is 5.82. The van der Waals surface area contributed by atoms with Crippen LogP contribution in [0.3, 0.4) is 0 Å². The van der Waals surface area contributed by atoms with Crippen LogP contribution in [-0.2, 0) is 27.2 Å². The van der Waals surface area contributed by atoms with Crippen molar-refractivity contribution in [2.75, 3.05) is 13.7 Å². The molecule has 3 aromatic rings. The monoisotopic (exact) mass is 367 g/mol. The van der Waals surface area contributed by atoms with Gasteiger partial charge in [0.2, 0.25) is 5.91 Å². The molecule has 8 nitrogen and oxygen atoms in total. The largest absolute Gasteiger partial charge is 0.468 e. The predicted molar refractivity (Wildman–Crippen MR) is 98.2 cm³/mol. The molecule has 0 atom stereocenters. The van der Waals surface area contributed by atoms with E-state index in [1.807, 2.05) is 32.0 Å². The minimum absolute atomic E-state index is 0.0349. The maximum absolute atomic E-state index is 11.9. The van der Waals surface area contributed by atoms with Gasteiger partial charge in [-0.25, -0.2) is 9.50 Å². The molecule has 1 N–H and O–H groups in total. The van der Waals surface area contributed by atoms with E-state index in [2.05, 4.69) is 37.3 Å². The lowest BCUT2D eigenvalue weighted by Gasteiger charge is -2.10. The van der Waals surface area contributed by atoms with Gasteiger partial charge in [0.15, 0.2) is 5.82 Å². The molecule has 0 radical (unpaired) electrons. The Morgan fingerprint density at radius 3 is 2.59 bits per heavy atom. The summed E-state index contributed by atoms with van der Waals surface area (Å²) in [6, 6.07) is 10.1. The summed E-state index contributed by atoms with van der Waals surface area (Å²) in [6.45, 7) is 3.73. The number of methoxy groups -OCH3 is 1. The molecule has 2 aromatic heterocycles. The Labute approximate surface area is 156 Å². The summed E-state index contributed by atoms with van der Waals surface area (Å²) in [7, 11) is 1.27. The molecule has 0 aliphatic heterocycles. The van der Waals surface area contributed by atoms with Crippen molar-refractivity contribution in [3.63, 3.8) is 0 Å². The third kappa shape index (κ3) is 4.28. The Bertz CT molecular complexity index is 982. The normalized spacial score (nSPS) is 10.8. The number of esters is 1. The van der Waals surface area contributed by atoms with Crippen molar-refractivity contribution in [3.8, 4) is 0 Å². The number of ether oxygens (including phenoxy) is 1. The number of nitrogens with zero attached hydrogens (tertiary/aromatic N) is 4. The van der Waals surface area contributed by atoms with E-state index >= 15 is 0 Å². The van der Waals surface area contributed by atoms with Crippen LogP contribution in [0, 0.1) is 13.8 Å². The first-order valence-corrected chi connectivity index (χ1v) is 8.57. The zero-order valence-electron chi connectivity index (χ0n) is 15.5. The Kier molecular flexibility index (Phi) is 5.44. The zero-order chi connectivity index (χ0) is 19.4. The van der Waals surface area contributed by atoms with Gasteiger partial charge in [-0.15, -0.1) is 5.10 Å². The first-order chi connectivity index (χ1) is 13.0. The van der Waals surface area contributed by atoms with Gasteiger partial charge in [0, 0.05) is 17.8 Å². The van der Waals surface area contributed by atoms with Crippen LogP contribution in [-0.4, -0.2) is 45.1 Å². The lowest BCUT2D eigenvalue weighted by Crippen LogP contribution is -2.31. The third-order valence-corrected chi connectivity index (χ3v) is 4.29. The smallest absolute Gasteiger partial charge is 0.325 e. The number of aryl methyl sites for hydroxylation is 2. The summed E-state index contributed by atoms with van der Waals surface area (Å²) >= 11 is 0. The molecule has 1 aromatic carbocycles. The van der Waals surface area contributed by atoms with E-state index in [0.29, 0.717) is 11.6 Å². The maximum atomic E-state index is 11.9. The van der Waals surface area contributed by atoms with Gasteiger partial charge in [0.25, 0.3) is 5.78 Å². The average Bonchev–Trinajstić information content (AvgIpc) is 3.06. The Morgan fingerprint density at radius 1 is 1.15 bits per heavy atom. The lowest BCUT2D eigenvalue weighted by molar-refractivity contribution is -0.141. The highest BCUT2D eigenvalue weighted by atomic mass is 16.5. The molecule has 0 unspecified atom stereocenters. The van der Waals surface area contributed by atoms with Crippen LogP contribution in [0.5, 0.6) is 0 Å². The second-order valence-electron chi connectivity index (χ2n) is 6.19. The molecule has 140 valence electrons. The Morgan fingerprint density at radius 2 is 1.89 bits per heavy atom. The number of carbonyl (C=O) groups excluding carboxylic acids is 2. The van der Waals surface area contributed by atoms with Gasteiger partial charge >= 0.3 is 5.97 Å². The second kappa shape index (κ2) is 7.94. The maximum Gasteiger partial charge on any atom is 0.325 e. The van der Waals surface area contributed by atoms with E-state index < -0.39 is 5.97 Å². The van der Waals surface area contributed by atoms with Crippen LogP contribution >= 0.6 is 0 Å². The van der Waals surface area contributed by atoms with Crippen LogP contribution in [0.15, 0.2) is 30.3 Å². The van der Waals surface area contributed by atoms with Gasteiger partial charge < -0.3 is 10.1 Å². The van der Waals surface area contributed by atoms with Crippen LogP contribution in [0.2, 0.25) is 0 Å². The molecule has 0 saturated heterocycles. The summed E-state index contributed by atoms with van der Waals surface area (Å²) in [5.74, 6) is -0.0537. The number of rotatable bonds is 6. The first-order valence-electron chi connectivity index (χ1n) is 8.57. The van der Waals surface area contributed by atoms with Gasteiger partial charge in [-0.1, -0.05) is 30.3 Å². The number of amides is 1. The summed E-state index contributed by atoms with van der Waals surface area (Å²) in [4.78, 5) is 31.9. The van der Waals surface area contributed by atoms with Gasteiger partial charge in [-0.2, -0.15) is 4.98 Å². The van der Waals surface area contributed by atoms with Crippen molar-refractivity contribution in [2.24, 2.45) is 0 Å². The number of hydrogen-bond acceptors (Lipinski definition) is 6. The van der Waals surface area contributed by atoms with Gasteiger partial charge in [-0.05, 0) is 25.0 Å². The topological polar surface area (TPSA) is 98.5 Å². The zero-order valence-corrected chi connectivity index (χ0v) is 15.5. The molecule has 0 saturated carbocycles. The van der Waals surface area contributed by atoms with Crippen molar-refractivity contribution < 1.29 is 14.3 Å². The molecule has 0 fully saturated rings. The van der Waals surface area contributed by atoms with Crippen LogP contribution in [0.25, 0.3) is 5.78 Å². The second-order valence-corrected chi connectivity index (χ2v) is 6.19. The van der Waals surface area contributed by atoms with E-state index in [1.54, 1.807) is 4.52 Å². The molecule has 0 aliphatic rings. The van der Waals surface area contributed by atoms with E-state index in [-0.39, 0.29) is 18.9 Å². The molecular weight excluding hydrogens is 346 g/mol. The highest BCUT2D eigenvalue weighted by Crippen LogP contribution is 2.18. The summed E-state index contributed by atoms with van der Waals surface area (Å²) in [6.07, 6.45) is 0.711. The standard InChI is InChI=1S/C19H21N5O3/c1-12-15(9-14-7-5-4-6-8-14)13(2)24-19(21-12)22-16(23-24)10-17(25)20-11-18(26)27-3/h4-8H,9-11H2,1-3H3,(H,20,25). The highest BCUT2D eigenvalue weighted by Gasteiger charge is 2.16. The molecule has 2 heterocycles. The summed E-state index contributed by atoms with van der Waals surface area (Å²) < 4.78 is 6.15. The van der Waals surface area contributed by atoms with Gasteiger partial charge in [-0.3, -0.25) is 9.59 Å². The van der Waals surface area contributed by atoms with Crippen LogP contribution in [0.1, 0.15) is 28.3 Å². The van der Waals surface area contributed by atoms with Crippen molar-refractivity contribution in [2.45, 2.75) is 26.7 Å². The fraction of sp³-hybridized carbons (Fsp3) is 0.316. The van der Waals surface area contributed by atoms with E-state index in [0.717, 1.165) is 23.4 Å². The number of fused-ring (bicyclic) bond motifs is 1. The predicted octanol–water partition coefficient (Wildman–Crippen LogP) is 1.16. The van der Waals surface area contributed by atoms with E-state index in [1.165, 1.54) is 12.7 Å².